The predicted molar refractivity (Wildman–Crippen MR) is 155 cm³/mol. The smallest absolute Gasteiger partial charge is 0.323 e. The quantitative estimate of drug-likeness (QED) is 0.140. The Bertz CT molecular complexity index is 1280. The lowest BCUT2D eigenvalue weighted by molar-refractivity contribution is -0.123. The lowest BCUT2D eigenvalue weighted by Gasteiger charge is -2.20. The summed E-state index contributed by atoms with van der Waals surface area (Å²) in [5.41, 5.74) is 3.07. The van der Waals surface area contributed by atoms with Crippen LogP contribution in [-0.2, 0) is 4.79 Å². The Hall–Kier alpha value is -3.42. The van der Waals surface area contributed by atoms with E-state index in [2.05, 4.69) is 22.9 Å². The van der Waals surface area contributed by atoms with Crippen LogP contribution >= 0.6 is 23.2 Å². The number of phenolic OH excluding ortho intramolecular Hbond substituents is 1. The predicted octanol–water partition coefficient (Wildman–Crippen LogP) is 8.32. The first kappa shape index (κ1) is 29.1. The van der Waals surface area contributed by atoms with Crippen LogP contribution < -0.4 is 20.7 Å². The number of rotatable bonds is 11. The Morgan fingerprint density at radius 2 is 1.61 bits per heavy atom. The monoisotopic (exact) mass is 557 g/mol. The van der Waals surface area contributed by atoms with Crippen LogP contribution in [0.5, 0.6) is 11.5 Å². The number of hydrogen-bond donors (Lipinski definition) is 4. The largest absolute Gasteiger partial charge is 0.506 e. The summed E-state index contributed by atoms with van der Waals surface area (Å²) in [6, 6.07) is 14.4. The maximum atomic E-state index is 13.2. The fourth-order valence-corrected chi connectivity index (χ4v) is 4.18. The Kier molecular flexibility index (Phi) is 10.7. The van der Waals surface area contributed by atoms with Gasteiger partial charge < -0.3 is 25.8 Å². The minimum atomic E-state index is -0.690. The first-order chi connectivity index (χ1) is 18.2. The molecule has 0 radical (unpaired) electrons. The molecule has 0 fully saturated rings. The molecule has 7 nitrogen and oxygen atoms in total. The number of hydrogen-bond acceptors (Lipinski definition) is 4. The van der Waals surface area contributed by atoms with Crippen LogP contribution in [0.4, 0.5) is 21.9 Å². The molecular formula is C29H33Cl2N3O4. The van der Waals surface area contributed by atoms with Gasteiger partial charge in [0.25, 0.3) is 5.91 Å². The van der Waals surface area contributed by atoms with Gasteiger partial charge in [-0.15, -0.1) is 0 Å². The summed E-state index contributed by atoms with van der Waals surface area (Å²) in [6.07, 6.45) is 3.95. The molecule has 0 spiro atoms. The summed E-state index contributed by atoms with van der Waals surface area (Å²) in [4.78, 5) is 25.5. The first-order valence-corrected chi connectivity index (χ1v) is 13.3. The number of amides is 3. The second kappa shape index (κ2) is 13.9. The second-order valence-corrected chi connectivity index (χ2v) is 9.97. The molecule has 1 atom stereocenters. The van der Waals surface area contributed by atoms with Crippen LogP contribution in [-0.4, -0.2) is 23.1 Å². The van der Waals surface area contributed by atoms with Crippen LogP contribution in [0.1, 0.15) is 50.2 Å². The molecule has 0 saturated carbocycles. The molecule has 3 aromatic rings. The van der Waals surface area contributed by atoms with E-state index in [0.29, 0.717) is 33.6 Å². The van der Waals surface area contributed by atoms with E-state index in [1.54, 1.807) is 18.2 Å². The molecule has 0 aliphatic heterocycles. The number of nitrogens with one attached hydrogen (secondary N) is 3. The molecule has 3 rings (SSSR count). The summed E-state index contributed by atoms with van der Waals surface area (Å²) >= 11 is 11.9. The topological polar surface area (TPSA) is 99.7 Å². The standard InChI is InChI=1S/C29H33Cl2N3O4/c1-4-5-6-7-8-27(38-26-14-9-18(2)15-19(26)3)28(36)32-21-11-13-24(25(35)17-21)34-29(37)33-20-10-12-22(30)23(31)16-20/h9-17,27,35H,4-8H2,1-3H3,(H,32,36)(H2,33,34,37). The number of phenols is 1. The van der Waals surface area contributed by atoms with Crippen molar-refractivity contribution >= 4 is 52.2 Å². The van der Waals surface area contributed by atoms with Crippen LogP contribution in [0.25, 0.3) is 0 Å². The van der Waals surface area contributed by atoms with Gasteiger partial charge in [0, 0.05) is 17.4 Å². The van der Waals surface area contributed by atoms with Crippen LogP contribution in [0.15, 0.2) is 54.6 Å². The average molecular weight is 559 g/mol. The fraction of sp³-hybridized carbons (Fsp3) is 0.310. The zero-order chi connectivity index (χ0) is 27.7. The van der Waals surface area contributed by atoms with Gasteiger partial charge in [-0.1, -0.05) is 67.1 Å². The molecule has 0 aliphatic rings. The number of aromatic hydroxyl groups is 1. The van der Waals surface area contributed by atoms with E-state index in [1.165, 1.54) is 18.2 Å². The zero-order valence-electron chi connectivity index (χ0n) is 21.7. The lowest BCUT2D eigenvalue weighted by atomic mass is 10.1. The normalized spacial score (nSPS) is 11.5. The van der Waals surface area contributed by atoms with Gasteiger partial charge in [0.2, 0.25) is 0 Å². The Balaban J connectivity index is 1.65. The maximum absolute atomic E-state index is 13.2. The van der Waals surface area contributed by atoms with E-state index in [4.69, 9.17) is 27.9 Å². The van der Waals surface area contributed by atoms with Gasteiger partial charge in [0.1, 0.15) is 11.5 Å². The molecule has 0 heterocycles. The molecule has 3 aromatic carbocycles. The highest BCUT2D eigenvalue weighted by molar-refractivity contribution is 6.42. The van der Waals surface area contributed by atoms with Gasteiger partial charge in [-0.2, -0.15) is 0 Å². The van der Waals surface area contributed by atoms with Gasteiger partial charge in [-0.25, -0.2) is 4.79 Å². The molecule has 1 unspecified atom stereocenters. The van der Waals surface area contributed by atoms with Crippen molar-refractivity contribution in [2.75, 3.05) is 16.0 Å². The van der Waals surface area contributed by atoms with Crippen molar-refractivity contribution in [3.05, 3.63) is 75.8 Å². The second-order valence-electron chi connectivity index (χ2n) is 9.15. The molecular weight excluding hydrogens is 525 g/mol. The first-order valence-electron chi connectivity index (χ1n) is 12.6. The van der Waals surface area contributed by atoms with Gasteiger partial charge >= 0.3 is 6.03 Å². The van der Waals surface area contributed by atoms with Crippen molar-refractivity contribution in [2.24, 2.45) is 0 Å². The Labute approximate surface area is 233 Å². The number of urea groups is 1. The van der Waals surface area contributed by atoms with Crippen molar-refractivity contribution in [1.29, 1.82) is 0 Å². The molecule has 0 bridgehead atoms. The van der Waals surface area contributed by atoms with Crippen LogP contribution in [0.2, 0.25) is 10.0 Å². The van der Waals surface area contributed by atoms with Gasteiger partial charge in [0.15, 0.2) is 6.10 Å². The number of carbonyl (C=O) groups excluding carboxylic acids is 2. The SMILES string of the molecule is CCCCCCC(Oc1ccc(C)cc1C)C(=O)Nc1ccc(NC(=O)Nc2ccc(Cl)c(Cl)c2)c(O)c1. The number of anilines is 3. The van der Waals surface area contributed by atoms with Crippen LogP contribution in [0, 0.1) is 13.8 Å². The Morgan fingerprint density at radius 1 is 0.868 bits per heavy atom. The van der Waals surface area contributed by atoms with E-state index < -0.39 is 12.1 Å². The van der Waals surface area contributed by atoms with E-state index in [-0.39, 0.29) is 17.3 Å². The van der Waals surface area contributed by atoms with Crippen molar-refractivity contribution in [3.63, 3.8) is 0 Å². The number of unbranched alkanes of at least 4 members (excludes halogenated alkanes) is 3. The van der Waals surface area contributed by atoms with Crippen LogP contribution in [0.3, 0.4) is 0 Å². The molecule has 4 N–H and O–H groups in total. The summed E-state index contributed by atoms with van der Waals surface area (Å²) in [5.74, 6) is 0.155. The molecule has 0 aliphatic carbocycles. The maximum Gasteiger partial charge on any atom is 0.323 e. The third kappa shape index (κ3) is 8.57. The lowest BCUT2D eigenvalue weighted by Crippen LogP contribution is -2.33. The summed E-state index contributed by atoms with van der Waals surface area (Å²) in [7, 11) is 0. The summed E-state index contributed by atoms with van der Waals surface area (Å²) < 4.78 is 6.14. The molecule has 9 heteroatoms. The van der Waals surface area contributed by atoms with Gasteiger partial charge in [0.05, 0.1) is 15.7 Å². The number of carbonyl (C=O) groups is 2. The molecule has 202 valence electrons. The summed E-state index contributed by atoms with van der Waals surface area (Å²) in [5, 5.41) is 19.2. The van der Waals surface area contributed by atoms with Crippen molar-refractivity contribution in [2.45, 2.75) is 59.0 Å². The number of halogens is 2. The van der Waals surface area contributed by atoms with E-state index in [9.17, 15) is 14.7 Å². The molecule has 3 amide bonds. The van der Waals surface area contributed by atoms with Gasteiger partial charge in [-0.05, 0) is 68.7 Å². The third-order valence-electron chi connectivity index (χ3n) is 5.90. The summed E-state index contributed by atoms with van der Waals surface area (Å²) in [6.45, 7) is 6.10. The van der Waals surface area contributed by atoms with E-state index >= 15 is 0 Å². The highest BCUT2D eigenvalue weighted by Crippen LogP contribution is 2.29. The minimum absolute atomic E-state index is 0.170. The number of benzene rings is 3. The fourth-order valence-electron chi connectivity index (χ4n) is 3.88. The Morgan fingerprint density at radius 3 is 2.29 bits per heavy atom. The molecule has 0 aromatic heterocycles. The minimum Gasteiger partial charge on any atom is -0.506 e. The van der Waals surface area contributed by atoms with E-state index in [0.717, 1.165) is 36.8 Å². The van der Waals surface area contributed by atoms with Gasteiger partial charge in [-0.3, -0.25) is 4.79 Å². The van der Waals surface area contributed by atoms with Crippen molar-refractivity contribution in [1.82, 2.24) is 0 Å². The van der Waals surface area contributed by atoms with Crippen molar-refractivity contribution in [3.8, 4) is 11.5 Å². The highest BCUT2D eigenvalue weighted by atomic mass is 35.5. The highest BCUT2D eigenvalue weighted by Gasteiger charge is 2.22. The third-order valence-corrected chi connectivity index (χ3v) is 6.64. The van der Waals surface area contributed by atoms with Crippen molar-refractivity contribution < 1.29 is 19.4 Å². The average Bonchev–Trinajstić information content (AvgIpc) is 2.86. The number of ether oxygens (including phenoxy) is 1. The number of aryl methyl sites for hydroxylation is 2. The molecule has 38 heavy (non-hydrogen) atoms. The zero-order valence-corrected chi connectivity index (χ0v) is 23.2. The van der Waals surface area contributed by atoms with E-state index in [1.807, 2.05) is 32.0 Å². The molecule has 0 saturated heterocycles.